The summed E-state index contributed by atoms with van der Waals surface area (Å²) in [4.78, 5) is 8.51. The maximum atomic E-state index is 5.72. The molecule has 3 N–H and O–H groups in total. The highest BCUT2D eigenvalue weighted by atomic mass is 15.3. The van der Waals surface area contributed by atoms with Crippen LogP contribution in [0.5, 0.6) is 0 Å². The maximum Gasteiger partial charge on any atom is 0.132 e. The van der Waals surface area contributed by atoms with Crippen LogP contribution in [-0.2, 0) is 19.9 Å². The summed E-state index contributed by atoms with van der Waals surface area (Å²) in [7, 11) is 1.94. The predicted octanol–water partition coefficient (Wildman–Crippen LogP) is 1.01. The molecule has 6 nitrogen and oxygen atoms in total. The van der Waals surface area contributed by atoms with Crippen LogP contribution in [0.4, 0.5) is 11.6 Å². The van der Waals surface area contributed by atoms with Crippen molar-refractivity contribution in [3.05, 3.63) is 29.8 Å². The number of rotatable bonds is 5. The van der Waals surface area contributed by atoms with Crippen molar-refractivity contribution in [2.24, 2.45) is 7.05 Å². The van der Waals surface area contributed by atoms with Crippen molar-refractivity contribution in [2.75, 3.05) is 17.6 Å². The van der Waals surface area contributed by atoms with Gasteiger partial charge in [0.15, 0.2) is 0 Å². The highest BCUT2D eigenvalue weighted by molar-refractivity contribution is 5.44. The summed E-state index contributed by atoms with van der Waals surface area (Å²) in [5, 5.41) is 7.38. The first-order chi connectivity index (χ1) is 8.69. The van der Waals surface area contributed by atoms with Crippen LogP contribution in [-0.4, -0.2) is 26.3 Å². The van der Waals surface area contributed by atoms with Crippen LogP contribution >= 0.6 is 0 Å². The molecule has 0 aliphatic rings. The fourth-order valence-corrected chi connectivity index (χ4v) is 1.73. The lowest BCUT2D eigenvalue weighted by Crippen LogP contribution is -2.11. The van der Waals surface area contributed by atoms with E-state index in [1.165, 1.54) is 5.69 Å². The second-order valence-electron chi connectivity index (χ2n) is 4.07. The van der Waals surface area contributed by atoms with Gasteiger partial charge in [0, 0.05) is 44.4 Å². The van der Waals surface area contributed by atoms with Crippen LogP contribution < -0.4 is 11.1 Å². The van der Waals surface area contributed by atoms with E-state index < -0.39 is 0 Å². The Balaban J connectivity index is 1.94. The van der Waals surface area contributed by atoms with E-state index in [0.717, 1.165) is 31.0 Å². The molecular weight excluding hydrogens is 228 g/mol. The molecule has 0 aromatic carbocycles. The Morgan fingerprint density at radius 3 is 2.89 bits per heavy atom. The average molecular weight is 246 g/mol. The van der Waals surface area contributed by atoms with Crippen molar-refractivity contribution in [1.29, 1.82) is 0 Å². The van der Waals surface area contributed by atoms with E-state index in [1.54, 1.807) is 12.3 Å². The highest BCUT2D eigenvalue weighted by Gasteiger charge is 2.02. The summed E-state index contributed by atoms with van der Waals surface area (Å²) in [5.74, 6) is 2.05. The van der Waals surface area contributed by atoms with Gasteiger partial charge in [0.25, 0.3) is 0 Å². The number of aryl methyl sites for hydroxylation is 2. The van der Waals surface area contributed by atoms with E-state index in [-0.39, 0.29) is 0 Å². The van der Waals surface area contributed by atoms with Crippen LogP contribution in [0.3, 0.4) is 0 Å². The van der Waals surface area contributed by atoms with Crippen LogP contribution in [0.25, 0.3) is 0 Å². The monoisotopic (exact) mass is 246 g/mol. The van der Waals surface area contributed by atoms with Gasteiger partial charge in [0.1, 0.15) is 17.5 Å². The maximum absolute atomic E-state index is 5.72. The zero-order chi connectivity index (χ0) is 13.0. The molecule has 18 heavy (non-hydrogen) atoms. The molecule has 0 saturated heterocycles. The molecule has 0 radical (unpaired) electrons. The van der Waals surface area contributed by atoms with Crippen molar-refractivity contribution < 1.29 is 0 Å². The number of anilines is 2. The molecule has 0 fully saturated rings. The second-order valence-corrected chi connectivity index (χ2v) is 4.07. The first kappa shape index (κ1) is 12.3. The number of nitrogen functional groups attached to an aromatic ring is 1. The number of hydrogen-bond acceptors (Lipinski definition) is 5. The van der Waals surface area contributed by atoms with Crippen LogP contribution in [0.15, 0.2) is 18.3 Å². The molecule has 0 spiro atoms. The minimum absolute atomic E-state index is 0.505. The number of aromatic nitrogens is 4. The predicted molar refractivity (Wildman–Crippen MR) is 71.2 cm³/mol. The molecule has 0 unspecified atom stereocenters. The van der Waals surface area contributed by atoms with Gasteiger partial charge in [-0.25, -0.2) is 9.97 Å². The Kier molecular flexibility index (Phi) is 3.76. The standard InChI is InChI=1S/C12H18N6/c1-3-11-16-10(13)8-12(17-11)14-6-4-9-5-7-15-18(9)2/h5,7-8H,3-4,6H2,1-2H3,(H3,13,14,16,17). The number of nitrogens with one attached hydrogen (secondary N) is 1. The third-order valence-electron chi connectivity index (χ3n) is 2.72. The zero-order valence-electron chi connectivity index (χ0n) is 10.7. The number of hydrogen-bond donors (Lipinski definition) is 2. The van der Waals surface area contributed by atoms with Crippen LogP contribution in [0.2, 0.25) is 0 Å². The number of nitrogens with two attached hydrogens (primary N) is 1. The molecule has 0 aliphatic carbocycles. The first-order valence-corrected chi connectivity index (χ1v) is 6.03. The molecule has 6 heteroatoms. The summed E-state index contributed by atoms with van der Waals surface area (Å²) >= 11 is 0. The normalized spacial score (nSPS) is 10.6. The lowest BCUT2D eigenvalue weighted by molar-refractivity contribution is 0.711. The Labute approximate surface area is 106 Å². The van der Waals surface area contributed by atoms with Gasteiger partial charge in [-0.2, -0.15) is 5.10 Å². The van der Waals surface area contributed by atoms with Crippen molar-refractivity contribution >= 4 is 11.6 Å². The van der Waals surface area contributed by atoms with Gasteiger partial charge in [-0.3, -0.25) is 4.68 Å². The summed E-state index contributed by atoms with van der Waals surface area (Å²) in [6, 6.07) is 3.76. The third-order valence-corrected chi connectivity index (χ3v) is 2.72. The smallest absolute Gasteiger partial charge is 0.132 e. The van der Waals surface area contributed by atoms with E-state index in [2.05, 4.69) is 20.4 Å². The van der Waals surface area contributed by atoms with Gasteiger partial charge in [-0.1, -0.05) is 6.92 Å². The van der Waals surface area contributed by atoms with Crippen molar-refractivity contribution in [1.82, 2.24) is 19.7 Å². The molecule has 2 rings (SSSR count). The fraction of sp³-hybridized carbons (Fsp3) is 0.417. The number of nitrogens with zero attached hydrogens (tertiary/aromatic N) is 4. The van der Waals surface area contributed by atoms with Gasteiger partial charge in [0.05, 0.1) is 0 Å². The van der Waals surface area contributed by atoms with E-state index >= 15 is 0 Å². The third kappa shape index (κ3) is 2.97. The van der Waals surface area contributed by atoms with Crippen molar-refractivity contribution in [3.8, 4) is 0 Å². The second kappa shape index (κ2) is 5.48. The van der Waals surface area contributed by atoms with Gasteiger partial charge >= 0.3 is 0 Å². The van der Waals surface area contributed by atoms with Crippen LogP contribution in [0.1, 0.15) is 18.4 Å². The summed E-state index contributed by atoms with van der Waals surface area (Å²) in [5.41, 5.74) is 6.90. The molecular formula is C12H18N6. The average Bonchev–Trinajstić information content (AvgIpc) is 2.74. The van der Waals surface area contributed by atoms with Gasteiger partial charge < -0.3 is 11.1 Å². The van der Waals surface area contributed by atoms with Gasteiger partial charge in [-0.05, 0) is 6.07 Å². The Morgan fingerprint density at radius 2 is 2.22 bits per heavy atom. The summed E-state index contributed by atoms with van der Waals surface area (Å²) in [6.45, 7) is 2.80. The molecule has 96 valence electrons. The zero-order valence-corrected chi connectivity index (χ0v) is 10.7. The highest BCUT2D eigenvalue weighted by Crippen LogP contribution is 2.09. The largest absolute Gasteiger partial charge is 0.384 e. The molecule has 2 heterocycles. The quantitative estimate of drug-likeness (QED) is 0.822. The van der Waals surface area contributed by atoms with E-state index in [0.29, 0.717) is 5.82 Å². The summed E-state index contributed by atoms with van der Waals surface area (Å²) in [6.07, 6.45) is 3.47. The van der Waals surface area contributed by atoms with E-state index in [1.807, 2.05) is 24.7 Å². The molecule has 0 amide bonds. The first-order valence-electron chi connectivity index (χ1n) is 6.03. The van der Waals surface area contributed by atoms with Gasteiger partial charge in [0.2, 0.25) is 0 Å². The fourth-order valence-electron chi connectivity index (χ4n) is 1.73. The lowest BCUT2D eigenvalue weighted by Gasteiger charge is -2.07. The van der Waals surface area contributed by atoms with Crippen LogP contribution in [0, 0.1) is 0 Å². The minimum Gasteiger partial charge on any atom is -0.384 e. The van der Waals surface area contributed by atoms with Gasteiger partial charge in [-0.15, -0.1) is 0 Å². The van der Waals surface area contributed by atoms with E-state index in [4.69, 9.17) is 5.73 Å². The molecule has 2 aromatic heterocycles. The summed E-state index contributed by atoms with van der Waals surface area (Å²) < 4.78 is 1.87. The minimum atomic E-state index is 0.505. The Bertz CT molecular complexity index is 519. The molecule has 0 atom stereocenters. The van der Waals surface area contributed by atoms with Crippen molar-refractivity contribution in [2.45, 2.75) is 19.8 Å². The molecule has 0 saturated carbocycles. The Morgan fingerprint density at radius 1 is 1.39 bits per heavy atom. The molecule has 2 aromatic rings. The molecule has 0 aliphatic heterocycles. The molecule has 0 bridgehead atoms. The topological polar surface area (TPSA) is 81.6 Å². The van der Waals surface area contributed by atoms with Crippen molar-refractivity contribution in [3.63, 3.8) is 0 Å². The Hall–Kier alpha value is -2.11. The lowest BCUT2D eigenvalue weighted by atomic mass is 10.3. The SMILES string of the molecule is CCc1nc(N)cc(NCCc2ccnn2C)n1. The van der Waals surface area contributed by atoms with E-state index in [9.17, 15) is 0 Å².